The van der Waals surface area contributed by atoms with Crippen LogP contribution in [0.3, 0.4) is 0 Å². The molecule has 2 aromatic carbocycles. The molecule has 19 heavy (non-hydrogen) atoms. The quantitative estimate of drug-likeness (QED) is 0.384. The van der Waals surface area contributed by atoms with Gasteiger partial charge in [0.25, 0.3) is 0 Å². The zero-order valence-corrected chi connectivity index (χ0v) is 12.7. The molecule has 0 radical (unpaired) electrons. The normalized spacial score (nSPS) is 10.8. The molecule has 1 N–H and O–H groups in total. The van der Waals surface area contributed by atoms with E-state index in [0.717, 1.165) is 20.4 Å². The largest absolute Gasteiger partial charge is 0.488 e. The van der Waals surface area contributed by atoms with Crippen molar-refractivity contribution in [1.29, 1.82) is 0 Å². The summed E-state index contributed by atoms with van der Waals surface area (Å²) in [4.78, 5) is 0. The van der Waals surface area contributed by atoms with Crippen molar-refractivity contribution in [3.05, 3.63) is 62.7 Å². The summed E-state index contributed by atoms with van der Waals surface area (Å²) < 4.78 is 6.77. The molecule has 0 aromatic heterocycles. The average molecular weight is 367 g/mol. The molecule has 0 unspecified atom stereocenters. The van der Waals surface area contributed by atoms with Gasteiger partial charge in [0.05, 0.1) is 9.78 Å². The first-order valence-corrected chi connectivity index (χ1v) is 6.92. The van der Waals surface area contributed by atoms with Gasteiger partial charge in [-0.25, -0.2) is 0 Å². The van der Waals surface area contributed by atoms with Crippen LogP contribution in [-0.4, -0.2) is 11.4 Å². The van der Waals surface area contributed by atoms with Gasteiger partial charge in [0.2, 0.25) is 0 Å². The number of aryl methyl sites for hydroxylation is 1. The van der Waals surface area contributed by atoms with Crippen LogP contribution in [0.4, 0.5) is 0 Å². The molecular weight excluding hydrogens is 353 g/mol. The summed E-state index contributed by atoms with van der Waals surface area (Å²) in [7, 11) is 0. The van der Waals surface area contributed by atoms with Gasteiger partial charge in [-0.1, -0.05) is 35.0 Å². The Bertz CT molecular complexity index is 579. The highest BCUT2D eigenvalue weighted by atomic mass is 127. The Labute approximate surface area is 126 Å². The molecule has 98 valence electrons. The third kappa shape index (κ3) is 3.96. The molecule has 0 aliphatic carbocycles. The van der Waals surface area contributed by atoms with E-state index in [-0.39, 0.29) is 0 Å². The molecule has 0 bridgehead atoms. The van der Waals surface area contributed by atoms with E-state index in [1.807, 2.05) is 18.2 Å². The second-order valence-electron chi connectivity index (χ2n) is 4.21. The van der Waals surface area contributed by atoms with Gasteiger partial charge in [-0.05, 0) is 58.8 Å². The van der Waals surface area contributed by atoms with Crippen molar-refractivity contribution in [2.75, 3.05) is 0 Å². The fourth-order valence-electron chi connectivity index (χ4n) is 1.63. The molecule has 2 rings (SSSR count). The highest BCUT2D eigenvalue weighted by Crippen LogP contribution is 2.22. The van der Waals surface area contributed by atoms with Crippen LogP contribution in [0.25, 0.3) is 0 Å². The Morgan fingerprint density at radius 2 is 1.95 bits per heavy atom. The highest BCUT2D eigenvalue weighted by Gasteiger charge is 2.02. The Balaban J connectivity index is 2.05. The first-order chi connectivity index (χ1) is 9.19. The molecular formula is C15H14INO2. The smallest absolute Gasteiger partial charge is 0.133 e. The van der Waals surface area contributed by atoms with Crippen LogP contribution in [-0.2, 0) is 6.61 Å². The van der Waals surface area contributed by atoms with Gasteiger partial charge >= 0.3 is 0 Å². The molecule has 0 aliphatic rings. The lowest BCUT2D eigenvalue weighted by atomic mass is 10.2. The summed E-state index contributed by atoms with van der Waals surface area (Å²) >= 11 is 2.21. The molecule has 2 aromatic rings. The van der Waals surface area contributed by atoms with E-state index in [4.69, 9.17) is 9.94 Å². The van der Waals surface area contributed by atoms with Crippen molar-refractivity contribution >= 4 is 28.8 Å². The molecule has 0 amide bonds. The molecule has 0 atom stereocenters. The summed E-state index contributed by atoms with van der Waals surface area (Å²) in [6.45, 7) is 2.61. The number of nitrogens with zero attached hydrogens (tertiary/aromatic N) is 1. The maximum Gasteiger partial charge on any atom is 0.133 e. The minimum absolute atomic E-state index is 0.545. The predicted octanol–water partition coefficient (Wildman–Crippen LogP) is 3.99. The van der Waals surface area contributed by atoms with E-state index in [9.17, 15) is 0 Å². The third-order valence-electron chi connectivity index (χ3n) is 2.68. The summed E-state index contributed by atoms with van der Waals surface area (Å²) in [5.41, 5.74) is 3.22. The van der Waals surface area contributed by atoms with Crippen molar-refractivity contribution < 1.29 is 9.94 Å². The fourth-order valence-corrected chi connectivity index (χ4v) is 2.32. The Morgan fingerprint density at radius 3 is 2.58 bits per heavy atom. The van der Waals surface area contributed by atoms with Crippen LogP contribution in [0.15, 0.2) is 47.6 Å². The molecule has 0 saturated heterocycles. The molecule has 3 nitrogen and oxygen atoms in total. The number of hydrogen-bond acceptors (Lipinski definition) is 3. The fraction of sp³-hybridized carbons (Fsp3) is 0.133. The van der Waals surface area contributed by atoms with E-state index in [1.165, 1.54) is 11.8 Å². The second-order valence-corrected chi connectivity index (χ2v) is 5.37. The molecule has 0 aliphatic heterocycles. The highest BCUT2D eigenvalue weighted by molar-refractivity contribution is 14.1. The van der Waals surface area contributed by atoms with Crippen molar-refractivity contribution in [2.45, 2.75) is 13.5 Å². The van der Waals surface area contributed by atoms with E-state index in [0.29, 0.717) is 6.61 Å². The number of halogens is 1. The van der Waals surface area contributed by atoms with E-state index >= 15 is 0 Å². The summed E-state index contributed by atoms with van der Waals surface area (Å²) in [6.07, 6.45) is 1.39. The number of ether oxygens (including phenoxy) is 1. The van der Waals surface area contributed by atoms with Gasteiger partial charge in [0.1, 0.15) is 12.4 Å². The van der Waals surface area contributed by atoms with Crippen molar-refractivity contribution in [2.24, 2.45) is 5.16 Å². The van der Waals surface area contributed by atoms with E-state index in [1.54, 1.807) is 0 Å². The van der Waals surface area contributed by atoms with Crippen molar-refractivity contribution in [1.82, 2.24) is 0 Å². The molecule has 0 saturated carbocycles. The van der Waals surface area contributed by atoms with Crippen LogP contribution in [0, 0.1) is 10.5 Å². The zero-order chi connectivity index (χ0) is 13.7. The van der Waals surface area contributed by atoms with Gasteiger partial charge in [0, 0.05) is 0 Å². The van der Waals surface area contributed by atoms with Crippen molar-refractivity contribution in [3.8, 4) is 5.75 Å². The lowest BCUT2D eigenvalue weighted by molar-refractivity contribution is 0.304. The van der Waals surface area contributed by atoms with Crippen LogP contribution < -0.4 is 4.74 Å². The second kappa shape index (κ2) is 6.56. The topological polar surface area (TPSA) is 41.8 Å². The summed E-state index contributed by atoms with van der Waals surface area (Å²) in [6, 6.07) is 13.9. The minimum atomic E-state index is 0.545. The van der Waals surface area contributed by atoms with Crippen LogP contribution >= 0.6 is 22.6 Å². The first kappa shape index (κ1) is 13.9. The molecule has 0 spiro atoms. The monoisotopic (exact) mass is 367 g/mol. The Kier molecular flexibility index (Phi) is 4.79. The Morgan fingerprint density at radius 1 is 1.21 bits per heavy atom. The maximum atomic E-state index is 8.49. The van der Waals surface area contributed by atoms with Gasteiger partial charge in [-0.15, -0.1) is 0 Å². The zero-order valence-electron chi connectivity index (χ0n) is 10.5. The van der Waals surface area contributed by atoms with Crippen LogP contribution in [0.2, 0.25) is 0 Å². The minimum Gasteiger partial charge on any atom is -0.488 e. The van der Waals surface area contributed by atoms with Gasteiger partial charge < -0.3 is 9.94 Å². The number of benzene rings is 2. The van der Waals surface area contributed by atoms with E-state index in [2.05, 4.69) is 58.9 Å². The van der Waals surface area contributed by atoms with Crippen LogP contribution in [0.1, 0.15) is 16.7 Å². The van der Waals surface area contributed by atoms with Gasteiger partial charge in [-0.3, -0.25) is 0 Å². The lowest BCUT2D eigenvalue weighted by Crippen LogP contribution is -1.97. The summed E-state index contributed by atoms with van der Waals surface area (Å²) in [5.74, 6) is 0.830. The van der Waals surface area contributed by atoms with E-state index < -0.39 is 0 Å². The molecule has 0 fully saturated rings. The molecule has 0 heterocycles. The maximum absolute atomic E-state index is 8.49. The van der Waals surface area contributed by atoms with Gasteiger partial charge in [-0.2, -0.15) is 0 Å². The Hall–Kier alpha value is -1.56. The number of oxime groups is 1. The first-order valence-electron chi connectivity index (χ1n) is 5.84. The molecule has 4 heteroatoms. The SMILES string of the molecule is Cc1ccc(COc2ccc(/C=N\O)cc2I)cc1. The standard InChI is InChI=1S/C15H14INO2/c1-11-2-4-12(5-3-11)10-19-15-7-6-13(9-17-18)8-14(15)16/h2-9,18H,10H2,1H3/b17-9-. The lowest BCUT2D eigenvalue weighted by Gasteiger charge is -2.09. The summed E-state index contributed by atoms with van der Waals surface area (Å²) in [5, 5.41) is 11.5. The number of rotatable bonds is 4. The predicted molar refractivity (Wildman–Crippen MR) is 84.1 cm³/mol. The van der Waals surface area contributed by atoms with Gasteiger partial charge in [0.15, 0.2) is 0 Å². The van der Waals surface area contributed by atoms with Crippen LogP contribution in [0.5, 0.6) is 5.75 Å². The number of hydrogen-bond donors (Lipinski definition) is 1. The van der Waals surface area contributed by atoms with Crippen molar-refractivity contribution in [3.63, 3.8) is 0 Å². The average Bonchev–Trinajstić information content (AvgIpc) is 2.40. The third-order valence-corrected chi connectivity index (χ3v) is 3.52.